The molecule has 1 aromatic carbocycles. The van der Waals surface area contributed by atoms with E-state index in [-0.39, 0.29) is 23.6 Å². The summed E-state index contributed by atoms with van der Waals surface area (Å²) < 4.78 is 10.6. The average molecular weight is 383 g/mol. The summed E-state index contributed by atoms with van der Waals surface area (Å²) in [5, 5.41) is 4.12. The maximum atomic E-state index is 13.2. The molecule has 0 N–H and O–H groups in total. The fraction of sp³-hybridized carbons (Fsp3) is 0.476. The Balaban J connectivity index is 1.50. The molecule has 2 aliphatic rings. The third-order valence-electron chi connectivity index (χ3n) is 5.64. The number of likely N-dealkylation sites (tertiary alicyclic amines) is 1. The van der Waals surface area contributed by atoms with E-state index in [2.05, 4.69) is 5.16 Å². The first kappa shape index (κ1) is 18.5. The zero-order chi connectivity index (χ0) is 19.9. The van der Waals surface area contributed by atoms with Crippen LogP contribution in [0.15, 0.2) is 34.9 Å². The monoisotopic (exact) mass is 383 g/mol. The standard InChI is InChI=1S/C21H25N3O4/c1-14-17(18(22-28-14)15-7-5-4-6-8-15)19(25)23-11-9-16(10-12-23)24-20(26)27-13-21(24,2)3/h4-8,16H,9-13H2,1-3H3. The van der Waals surface area contributed by atoms with Crippen molar-refractivity contribution >= 4 is 12.0 Å². The molecule has 4 rings (SSSR count). The van der Waals surface area contributed by atoms with Gasteiger partial charge in [0.2, 0.25) is 0 Å². The summed E-state index contributed by atoms with van der Waals surface area (Å²) in [5.74, 6) is 0.453. The molecule has 148 valence electrons. The molecule has 0 bridgehead atoms. The summed E-state index contributed by atoms with van der Waals surface area (Å²) in [4.78, 5) is 29.0. The molecular weight excluding hydrogens is 358 g/mol. The van der Waals surface area contributed by atoms with Gasteiger partial charge in [-0.1, -0.05) is 35.5 Å². The molecule has 2 amide bonds. The fourth-order valence-corrected chi connectivity index (χ4v) is 4.17. The molecule has 0 spiro atoms. The highest BCUT2D eigenvalue weighted by Gasteiger charge is 2.45. The van der Waals surface area contributed by atoms with Crippen LogP contribution in [-0.2, 0) is 4.74 Å². The van der Waals surface area contributed by atoms with Crippen molar-refractivity contribution in [2.45, 2.75) is 45.2 Å². The van der Waals surface area contributed by atoms with Crippen LogP contribution in [-0.4, -0.2) is 58.2 Å². The molecule has 2 aliphatic heterocycles. The second-order valence-corrected chi connectivity index (χ2v) is 8.09. The van der Waals surface area contributed by atoms with E-state index in [9.17, 15) is 9.59 Å². The van der Waals surface area contributed by atoms with Crippen LogP contribution in [0, 0.1) is 6.92 Å². The lowest BCUT2D eigenvalue weighted by atomic mass is 9.96. The van der Waals surface area contributed by atoms with E-state index < -0.39 is 0 Å². The Morgan fingerprint density at radius 3 is 2.46 bits per heavy atom. The van der Waals surface area contributed by atoms with E-state index >= 15 is 0 Å². The van der Waals surface area contributed by atoms with Gasteiger partial charge < -0.3 is 14.2 Å². The molecule has 3 heterocycles. The lowest BCUT2D eigenvalue weighted by Gasteiger charge is -2.40. The average Bonchev–Trinajstić information content (AvgIpc) is 3.21. The number of carbonyl (C=O) groups excluding carboxylic acids is 2. The molecule has 2 fully saturated rings. The van der Waals surface area contributed by atoms with Crippen molar-refractivity contribution in [2.24, 2.45) is 0 Å². The molecular formula is C21H25N3O4. The van der Waals surface area contributed by atoms with Gasteiger partial charge in [-0.3, -0.25) is 9.69 Å². The summed E-state index contributed by atoms with van der Waals surface area (Å²) in [6, 6.07) is 9.67. The molecule has 2 saturated heterocycles. The Kier molecular flexibility index (Phi) is 4.61. The fourth-order valence-electron chi connectivity index (χ4n) is 4.17. The Labute approximate surface area is 164 Å². The number of carbonyl (C=O) groups is 2. The highest BCUT2D eigenvalue weighted by Crippen LogP contribution is 2.32. The molecule has 0 saturated carbocycles. The molecule has 0 aliphatic carbocycles. The molecule has 0 radical (unpaired) electrons. The molecule has 7 heteroatoms. The van der Waals surface area contributed by atoms with Crippen molar-refractivity contribution in [1.82, 2.24) is 15.0 Å². The lowest BCUT2D eigenvalue weighted by Crippen LogP contribution is -2.53. The van der Waals surface area contributed by atoms with E-state index in [0.717, 1.165) is 18.4 Å². The molecule has 0 atom stereocenters. The van der Waals surface area contributed by atoms with Gasteiger partial charge in [-0.2, -0.15) is 0 Å². The van der Waals surface area contributed by atoms with Crippen molar-refractivity contribution in [2.75, 3.05) is 19.7 Å². The van der Waals surface area contributed by atoms with Gasteiger partial charge in [0.15, 0.2) is 0 Å². The zero-order valence-corrected chi connectivity index (χ0v) is 16.5. The van der Waals surface area contributed by atoms with Crippen LogP contribution in [0.5, 0.6) is 0 Å². The predicted molar refractivity (Wildman–Crippen MR) is 103 cm³/mol. The summed E-state index contributed by atoms with van der Waals surface area (Å²) >= 11 is 0. The largest absolute Gasteiger partial charge is 0.447 e. The number of ether oxygens (including phenoxy) is 1. The molecule has 2 aromatic rings. The highest BCUT2D eigenvalue weighted by molar-refractivity contribution is 6.00. The molecule has 0 unspecified atom stereocenters. The summed E-state index contributed by atoms with van der Waals surface area (Å²) in [6.07, 6.45) is 1.21. The molecule has 7 nitrogen and oxygen atoms in total. The van der Waals surface area contributed by atoms with Crippen LogP contribution in [0.2, 0.25) is 0 Å². The van der Waals surface area contributed by atoms with E-state index in [1.807, 2.05) is 54.0 Å². The quantitative estimate of drug-likeness (QED) is 0.811. The van der Waals surface area contributed by atoms with E-state index in [1.165, 1.54) is 0 Å². The second-order valence-electron chi connectivity index (χ2n) is 8.09. The first-order valence-electron chi connectivity index (χ1n) is 9.65. The number of nitrogens with zero attached hydrogens (tertiary/aromatic N) is 3. The van der Waals surface area contributed by atoms with Gasteiger partial charge in [0.1, 0.15) is 23.6 Å². The Bertz CT molecular complexity index is 882. The van der Waals surface area contributed by atoms with E-state index in [1.54, 1.807) is 6.92 Å². The van der Waals surface area contributed by atoms with Gasteiger partial charge in [0, 0.05) is 24.7 Å². The number of aryl methyl sites for hydroxylation is 1. The van der Waals surface area contributed by atoms with Crippen molar-refractivity contribution in [3.63, 3.8) is 0 Å². The maximum Gasteiger partial charge on any atom is 0.410 e. The van der Waals surface area contributed by atoms with Crippen molar-refractivity contribution in [3.8, 4) is 11.3 Å². The molecule has 28 heavy (non-hydrogen) atoms. The number of hydrogen-bond donors (Lipinski definition) is 0. The minimum atomic E-state index is -0.306. The van der Waals surface area contributed by atoms with Crippen LogP contribution in [0.3, 0.4) is 0 Å². The SMILES string of the molecule is Cc1onc(-c2ccccc2)c1C(=O)N1CCC(N2C(=O)OCC2(C)C)CC1. The first-order valence-corrected chi connectivity index (χ1v) is 9.65. The van der Waals surface area contributed by atoms with Crippen LogP contribution < -0.4 is 0 Å². The topological polar surface area (TPSA) is 75.9 Å². The number of cyclic esters (lactones) is 1. The van der Waals surface area contributed by atoms with Gasteiger partial charge in [-0.05, 0) is 33.6 Å². The number of rotatable bonds is 3. The van der Waals surface area contributed by atoms with Gasteiger partial charge in [0.25, 0.3) is 5.91 Å². The first-order chi connectivity index (χ1) is 13.4. The number of amides is 2. The third kappa shape index (κ3) is 3.15. The minimum Gasteiger partial charge on any atom is -0.447 e. The number of aromatic nitrogens is 1. The lowest BCUT2D eigenvalue weighted by molar-refractivity contribution is 0.0588. The third-order valence-corrected chi connectivity index (χ3v) is 5.64. The summed E-state index contributed by atoms with van der Waals surface area (Å²) in [5.41, 5.74) is 1.65. The van der Waals surface area contributed by atoms with Crippen LogP contribution in [0.1, 0.15) is 42.8 Å². The minimum absolute atomic E-state index is 0.0701. The number of benzene rings is 1. The summed E-state index contributed by atoms with van der Waals surface area (Å²) in [6.45, 7) is 7.38. The second kappa shape index (κ2) is 6.96. The van der Waals surface area contributed by atoms with Crippen LogP contribution >= 0.6 is 0 Å². The smallest absolute Gasteiger partial charge is 0.410 e. The van der Waals surface area contributed by atoms with Crippen LogP contribution in [0.25, 0.3) is 11.3 Å². The van der Waals surface area contributed by atoms with Gasteiger partial charge in [-0.25, -0.2) is 4.79 Å². The predicted octanol–water partition coefficient (Wildman–Crippen LogP) is 3.49. The normalized spacial score (nSPS) is 19.8. The maximum absolute atomic E-state index is 13.2. The van der Waals surface area contributed by atoms with Gasteiger partial charge >= 0.3 is 6.09 Å². The van der Waals surface area contributed by atoms with Gasteiger partial charge in [0.05, 0.1) is 5.54 Å². The Hall–Kier alpha value is -2.83. The van der Waals surface area contributed by atoms with E-state index in [0.29, 0.717) is 36.7 Å². The van der Waals surface area contributed by atoms with Crippen molar-refractivity contribution < 1.29 is 18.8 Å². The number of hydrogen-bond acceptors (Lipinski definition) is 5. The number of piperidine rings is 1. The molecule has 1 aromatic heterocycles. The van der Waals surface area contributed by atoms with Crippen LogP contribution in [0.4, 0.5) is 4.79 Å². The van der Waals surface area contributed by atoms with Crippen molar-refractivity contribution in [1.29, 1.82) is 0 Å². The Morgan fingerprint density at radius 1 is 1.18 bits per heavy atom. The van der Waals surface area contributed by atoms with Gasteiger partial charge in [-0.15, -0.1) is 0 Å². The Morgan fingerprint density at radius 2 is 1.86 bits per heavy atom. The highest BCUT2D eigenvalue weighted by atomic mass is 16.6. The zero-order valence-electron chi connectivity index (χ0n) is 16.5. The van der Waals surface area contributed by atoms with Crippen molar-refractivity contribution in [3.05, 3.63) is 41.7 Å². The van der Waals surface area contributed by atoms with E-state index in [4.69, 9.17) is 9.26 Å². The summed E-state index contributed by atoms with van der Waals surface area (Å²) in [7, 11) is 0.